The number of ether oxygens (including phenoxy) is 1. The molecule has 1 spiro atoms. The van der Waals surface area contributed by atoms with Crippen LogP contribution in [0.4, 0.5) is 0 Å². The number of thiophene rings is 1. The van der Waals surface area contributed by atoms with Gasteiger partial charge in [-0.1, -0.05) is 0 Å². The summed E-state index contributed by atoms with van der Waals surface area (Å²) in [6, 6.07) is 2.08. The van der Waals surface area contributed by atoms with Crippen LogP contribution in [-0.4, -0.2) is 59.4 Å². The van der Waals surface area contributed by atoms with Gasteiger partial charge in [0.15, 0.2) is 12.1 Å². The Kier molecular flexibility index (Phi) is 4.47. The van der Waals surface area contributed by atoms with Crippen LogP contribution < -0.4 is 0 Å². The zero-order valence-corrected chi connectivity index (χ0v) is 16.5. The molecule has 2 saturated heterocycles. The van der Waals surface area contributed by atoms with Crippen LogP contribution in [0, 0.1) is 0 Å². The van der Waals surface area contributed by atoms with Crippen molar-refractivity contribution in [1.29, 1.82) is 0 Å². The van der Waals surface area contributed by atoms with Gasteiger partial charge < -0.3 is 19.0 Å². The Labute approximate surface area is 167 Å². The molecule has 0 bridgehead atoms. The molecule has 5 rings (SSSR count). The minimum atomic E-state index is -0.373. The van der Waals surface area contributed by atoms with E-state index in [2.05, 4.69) is 11.1 Å². The molecular formula is C20H23N3O4S. The van der Waals surface area contributed by atoms with Gasteiger partial charge >= 0.3 is 0 Å². The number of fused-ring (bicyclic) bond motifs is 2. The number of rotatable bonds is 2. The SMILES string of the molecule is O=C(c1cocn1)N1CCC2(CC1)OCCc1cc(C(=O)N3CCCC3)sc12. The van der Waals surface area contributed by atoms with E-state index in [1.807, 2.05) is 9.80 Å². The van der Waals surface area contributed by atoms with Crippen molar-refractivity contribution in [3.8, 4) is 0 Å². The minimum absolute atomic E-state index is 0.101. The third kappa shape index (κ3) is 2.95. The van der Waals surface area contributed by atoms with Crippen LogP contribution in [-0.2, 0) is 16.8 Å². The molecule has 0 atom stereocenters. The van der Waals surface area contributed by atoms with Crippen molar-refractivity contribution < 1.29 is 18.7 Å². The Balaban J connectivity index is 1.35. The van der Waals surface area contributed by atoms with E-state index in [1.54, 1.807) is 11.3 Å². The lowest BCUT2D eigenvalue weighted by Crippen LogP contribution is -2.47. The molecule has 2 amide bonds. The van der Waals surface area contributed by atoms with E-state index in [9.17, 15) is 9.59 Å². The van der Waals surface area contributed by atoms with Gasteiger partial charge in [0, 0.05) is 31.1 Å². The Bertz CT molecular complexity index is 877. The molecule has 8 heteroatoms. The highest BCUT2D eigenvalue weighted by molar-refractivity contribution is 7.14. The first-order valence-corrected chi connectivity index (χ1v) is 10.7. The van der Waals surface area contributed by atoms with E-state index in [-0.39, 0.29) is 17.4 Å². The number of hydrogen-bond acceptors (Lipinski definition) is 6. The number of likely N-dealkylation sites (tertiary alicyclic amines) is 2. The zero-order chi connectivity index (χ0) is 19.1. The third-order valence-electron chi connectivity index (χ3n) is 6.09. The molecule has 0 unspecified atom stereocenters. The van der Waals surface area contributed by atoms with Crippen LogP contribution in [0.15, 0.2) is 23.1 Å². The van der Waals surface area contributed by atoms with Crippen LogP contribution in [0.1, 0.15) is 56.3 Å². The molecular weight excluding hydrogens is 378 g/mol. The molecule has 2 fully saturated rings. The second kappa shape index (κ2) is 7.00. The molecule has 3 aliphatic rings. The molecule has 148 valence electrons. The number of piperidine rings is 1. The fraction of sp³-hybridized carbons (Fsp3) is 0.550. The smallest absolute Gasteiger partial charge is 0.275 e. The van der Waals surface area contributed by atoms with Crippen LogP contribution in [0.5, 0.6) is 0 Å². The molecule has 2 aromatic heterocycles. The topological polar surface area (TPSA) is 75.9 Å². The fourth-order valence-electron chi connectivity index (χ4n) is 4.53. The highest BCUT2D eigenvalue weighted by Gasteiger charge is 2.44. The van der Waals surface area contributed by atoms with Gasteiger partial charge in [-0.3, -0.25) is 9.59 Å². The standard InChI is InChI=1S/C20H23N3O4S/c24-18(15-12-26-13-21-15)23-8-4-20(5-9-23)17-14(3-10-27-20)11-16(28-17)19(25)22-6-1-2-7-22/h11-13H,1-10H2. The van der Waals surface area contributed by atoms with Gasteiger partial charge in [0.2, 0.25) is 0 Å². The van der Waals surface area contributed by atoms with Crippen molar-refractivity contribution in [3.05, 3.63) is 39.7 Å². The van der Waals surface area contributed by atoms with Gasteiger partial charge in [-0.2, -0.15) is 0 Å². The van der Waals surface area contributed by atoms with Gasteiger partial charge in [0.25, 0.3) is 11.8 Å². The highest BCUT2D eigenvalue weighted by Crippen LogP contribution is 2.45. The van der Waals surface area contributed by atoms with Gasteiger partial charge in [-0.25, -0.2) is 4.98 Å². The van der Waals surface area contributed by atoms with Crippen molar-refractivity contribution in [2.45, 2.75) is 37.7 Å². The molecule has 2 aromatic rings. The van der Waals surface area contributed by atoms with Gasteiger partial charge in [-0.15, -0.1) is 11.3 Å². The number of aromatic nitrogens is 1. The lowest BCUT2D eigenvalue weighted by molar-refractivity contribution is -0.0906. The van der Waals surface area contributed by atoms with Crippen LogP contribution in [0.3, 0.4) is 0 Å². The van der Waals surface area contributed by atoms with Crippen molar-refractivity contribution >= 4 is 23.2 Å². The predicted octanol–water partition coefficient (Wildman–Crippen LogP) is 2.68. The third-order valence-corrected chi connectivity index (χ3v) is 7.44. The molecule has 0 saturated carbocycles. The lowest BCUT2D eigenvalue weighted by atomic mass is 9.85. The monoisotopic (exact) mass is 401 g/mol. The Morgan fingerprint density at radius 1 is 1.07 bits per heavy atom. The summed E-state index contributed by atoms with van der Waals surface area (Å²) in [7, 11) is 0. The highest BCUT2D eigenvalue weighted by atomic mass is 32.1. The number of oxazole rings is 1. The van der Waals surface area contributed by atoms with Gasteiger partial charge in [0.1, 0.15) is 11.9 Å². The molecule has 0 aliphatic carbocycles. The molecule has 3 aliphatic heterocycles. The Morgan fingerprint density at radius 3 is 2.54 bits per heavy atom. The van der Waals surface area contributed by atoms with E-state index in [0.717, 1.165) is 50.1 Å². The van der Waals surface area contributed by atoms with Crippen LogP contribution in [0.25, 0.3) is 0 Å². The van der Waals surface area contributed by atoms with E-state index in [1.165, 1.54) is 23.1 Å². The van der Waals surface area contributed by atoms with Crippen molar-refractivity contribution in [2.75, 3.05) is 32.8 Å². The average Bonchev–Trinajstić information content (AvgIpc) is 3.49. The summed E-state index contributed by atoms with van der Waals surface area (Å²) in [5, 5.41) is 0. The van der Waals surface area contributed by atoms with E-state index in [0.29, 0.717) is 25.4 Å². The number of nitrogens with zero attached hydrogens (tertiary/aromatic N) is 3. The molecule has 0 N–H and O–H groups in total. The number of carbonyl (C=O) groups is 2. The zero-order valence-electron chi connectivity index (χ0n) is 15.7. The predicted molar refractivity (Wildman–Crippen MR) is 102 cm³/mol. The fourth-order valence-corrected chi connectivity index (χ4v) is 5.90. The average molecular weight is 401 g/mol. The largest absolute Gasteiger partial charge is 0.451 e. The first-order chi connectivity index (χ1) is 13.7. The number of carbonyl (C=O) groups excluding carboxylic acids is 2. The summed E-state index contributed by atoms with van der Waals surface area (Å²) in [4.78, 5) is 35.1. The van der Waals surface area contributed by atoms with E-state index < -0.39 is 0 Å². The van der Waals surface area contributed by atoms with Crippen LogP contribution >= 0.6 is 11.3 Å². The minimum Gasteiger partial charge on any atom is -0.451 e. The summed E-state index contributed by atoms with van der Waals surface area (Å²) in [5.74, 6) is 0.0569. The molecule has 0 aromatic carbocycles. The summed E-state index contributed by atoms with van der Waals surface area (Å²) in [5.41, 5.74) is 1.22. The summed E-state index contributed by atoms with van der Waals surface area (Å²) in [6.45, 7) is 3.61. The Hall–Kier alpha value is -2.19. The van der Waals surface area contributed by atoms with Crippen molar-refractivity contribution in [2.24, 2.45) is 0 Å². The number of amides is 2. The normalized spacial score (nSPS) is 21.1. The van der Waals surface area contributed by atoms with E-state index >= 15 is 0 Å². The second-order valence-electron chi connectivity index (χ2n) is 7.72. The first kappa shape index (κ1) is 17.9. The lowest BCUT2D eigenvalue weighted by Gasteiger charge is -2.43. The maximum Gasteiger partial charge on any atom is 0.275 e. The van der Waals surface area contributed by atoms with Gasteiger partial charge in [-0.05, 0) is 43.7 Å². The summed E-state index contributed by atoms with van der Waals surface area (Å²) < 4.78 is 11.2. The quantitative estimate of drug-likeness (QED) is 0.773. The number of hydrogen-bond donors (Lipinski definition) is 0. The van der Waals surface area contributed by atoms with Crippen molar-refractivity contribution in [3.63, 3.8) is 0 Å². The summed E-state index contributed by atoms with van der Waals surface area (Å²) in [6.07, 6.45) is 7.18. The summed E-state index contributed by atoms with van der Waals surface area (Å²) >= 11 is 1.60. The second-order valence-corrected chi connectivity index (χ2v) is 8.78. The van der Waals surface area contributed by atoms with Gasteiger partial charge in [0.05, 0.1) is 11.5 Å². The molecule has 5 heterocycles. The molecule has 7 nitrogen and oxygen atoms in total. The van der Waals surface area contributed by atoms with Crippen LogP contribution in [0.2, 0.25) is 0 Å². The van der Waals surface area contributed by atoms with E-state index in [4.69, 9.17) is 9.15 Å². The molecule has 0 radical (unpaired) electrons. The van der Waals surface area contributed by atoms with Crippen molar-refractivity contribution in [1.82, 2.24) is 14.8 Å². The first-order valence-electron chi connectivity index (χ1n) is 9.90. The Morgan fingerprint density at radius 2 is 1.82 bits per heavy atom. The molecule has 28 heavy (non-hydrogen) atoms. The maximum atomic E-state index is 12.8. The maximum absolute atomic E-state index is 12.8.